The van der Waals surface area contributed by atoms with Gasteiger partial charge in [-0.05, 0) is 48.7 Å². The summed E-state index contributed by atoms with van der Waals surface area (Å²) in [6, 6.07) is 9.78. The van der Waals surface area contributed by atoms with Crippen LogP contribution < -0.4 is 4.74 Å². The van der Waals surface area contributed by atoms with E-state index in [4.69, 9.17) is 16.3 Å². The van der Waals surface area contributed by atoms with Crippen molar-refractivity contribution < 1.29 is 4.74 Å². The number of hydrogen-bond acceptors (Lipinski definition) is 4. The number of benzene rings is 1. The van der Waals surface area contributed by atoms with Crippen molar-refractivity contribution >= 4 is 11.6 Å². The predicted octanol–water partition coefficient (Wildman–Crippen LogP) is 4.49. The molecule has 2 aromatic heterocycles. The lowest BCUT2D eigenvalue weighted by Gasteiger charge is -2.11. The van der Waals surface area contributed by atoms with E-state index in [1.807, 2.05) is 56.7 Å². The van der Waals surface area contributed by atoms with Gasteiger partial charge in [0.1, 0.15) is 5.82 Å². The van der Waals surface area contributed by atoms with Crippen LogP contribution in [0.5, 0.6) is 5.88 Å². The van der Waals surface area contributed by atoms with Crippen molar-refractivity contribution in [3.05, 3.63) is 70.9 Å². The van der Waals surface area contributed by atoms with Crippen molar-refractivity contribution in [2.75, 3.05) is 6.61 Å². The van der Waals surface area contributed by atoms with E-state index in [-0.39, 0.29) is 0 Å². The third kappa shape index (κ3) is 3.89. The second-order valence-electron chi connectivity index (χ2n) is 5.45. The molecule has 0 bridgehead atoms. The van der Waals surface area contributed by atoms with Gasteiger partial charge < -0.3 is 4.74 Å². The normalized spacial score (nSPS) is 10.6. The summed E-state index contributed by atoms with van der Waals surface area (Å²) in [6.07, 6.45) is 6.26. The molecular weight excluding hydrogens is 322 g/mol. The number of rotatable bonds is 5. The molecule has 24 heavy (non-hydrogen) atoms. The second-order valence-corrected chi connectivity index (χ2v) is 5.89. The maximum atomic E-state index is 5.99. The smallest absolute Gasteiger partial charge is 0.221 e. The van der Waals surface area contributed by atoms with Gasteiger partial charge in [0.05, 0.1) is 6.61 Å². The minimum absolute atomic E-state index is 0.568. The van der Waals surface area contributed by atoms with E-state index in [0.29, 0.717) is 17.5 Å². The molecule has 0 aliphatic carbocycles. The van der Waals surface area contributed by atoms with Crippen LogP contribution in [0.15, 0.2) is 48.9 Å². The molecule has 4 nitrogen and oxygen atoms in total. The van der Waals surface area contributed by atoms with E-state index in [2.05, 4.69) is 21.0 Å². The third-order valence-corrected chi connectivity index (χ3v) is 3.84. The summed E-state index contributed by atoms with van der Waals surface area (Å²) in [5.74, 6) is 1.40. The molecule has 1 aromatic carbocycles. The number of halogens is 1. The Bertz CT molecular complexity index is 817. The zero-order valence-electron chi connectivity index (χ0n) is 13.7. The van der Waals surface area contributed by atoms with Crippen LogP contribution in [-0.2, 0) is 6.42 Å². The Morgan fingerprint density at radius 3 is 2.29 bits per heavy atom. The van der Waals surface area contributed by atoms with E-state index in [9.17, 15) is 0 Å². The third-order valence-electron chi connectivity index (χ3n) is 3.59. The molecule has 0 saturated heterocycles. The van der Waals surface area contributed by atoms with Gasteiger partial charge in [0.2, 0.25) is 5.88 Å². The minimum Gasteiger partial charge on any atom is -0.478 e. The lowest BCUT2D eigenvalue weighted by molar-refractivity contribution is 0.328. The maximum Gasteiger partial charge on any atom is 0.221 e. The molecule has 0 amide bonds. The molecule has 0 saturated carbocycles. The maximum absolute atomic E-state index is 5.99. The first-order valence-electron chi connectivity index (χ1n) is 7.81. The van der Waals surface area contributed by atoms with Gasteiger partial charge in [-0.15, -0.1) is 0 Å². The Morgan fingerprint density at radius 1 is 0.958 bits per heavy atom. The lowest BCUT2D eigenvalue weighted by atomic mass is 10.0. The number of aromatic nitrogens is 3. The molecule has 2 heterocycles. The van der Waals surface area contributed by atoms with Gasteiger partial charge in [0.15, 0.2) is 0 Å². The predicted molar refractivity (Wildman–Crippen MR) is 95.4 cm³/mol. The fourth-order valence-electron chi connectivity index (χ4n) is 2.43. The molecule has 3 rings (SSSR count). The summed E-state index contributed by atoms with van der Waals surface area (Å²) >= 11 is 5.99. The fraction of sp³-hybridized carbons (Fsp3) is 0.211. The van der Waals surface area contributed by atoms with Crippen LogP contribution in [-0.4, -0.2) is 21.6 Å². The van der Waals surface area contributed by atoms with Gasteiger partial charge in [-0.25, -0.2) is 15.0 Å². The quantitative estimate of drug-likeness (QED) is 0.687. The van der Waals surface area contributed by atoms with E-state index < -0.39 is 0 Å². The van der Waals surface area contributed by atoms with Gasteiger partial charge in [0.25, 0.3) is 0 Å². The molecular formula is C19H18ClN3O. The standard InChI is InChI=1S/C19H18ClN3O/c1-3-24-19-18(16-4-6-17(20)7-5-16)9-14(10-23-19)8-15-11-21-13(2)22-12-15/h4-7,9-12H,3,8H2,1-2H3. The fourth-order valence-corrected chi connectivity index (χ4v) is 2.55. The van der Waals surface area contributed by atoms with E-state index >= 15 is 0 Å². The molecule has 0 unspecified atom stereocenters. The Balaban J connectivity index is 1.95. The first-order valence-corrected chi connectivity index (χ1v) is 8.18. The molecule has 0 radical (unpaired) electrons. The second kappa shape index (κ2) is 7.41. The van der Waals surface area contributed by atoms with Crippen LogP contribution in [0.25, 0.3) is 11.1 Å². The number of nitrogens with zero attached hydrogens (tertiary/aromatic N) is 3. The Kier molecular flexibility index (Phi) is 5.06. The first kappa shape index (κ1) is 16.4. The number of aryl methyl sites for hydroxylation is 1. The van der Waals surface area contributed by atoms with Crippen molar-refractivity contribution in [3.8, 4) is 17.0 Å². The van der Waals surface area contributed by atoms with Gasteiger partial charge in [-0.2, -0.15) is 0 Å². The van der Waals surface area contributed by atoms with Gasteiger partial charge in [0, 0.05) is 35.6 Å². The Labute approximate surface area is 146 Å². The zero-order chi connectivity index (χ0) is 16.9. The summed E-state index contributed by atoms with van der Waals surface area (Å²) in [5.41, 5.74) is 4.11. The average Bonchev–Trinajstić information content (AvgIpc) is 2.59. The van der Waals surface area contributed by atoms with Crippen molar-refractivity contribution in [2.45, 2.75) is 20.3 Å². The number of hydrogen-bond donors (Lipinski definition) is 0. The monoisotopic (exact) mass is 339 g/mol. The lowest BCUT2D eigenvalue weighted by Crippen LogP contribution is -2.00. The highest BCUT2D eigenvalue weighted by molar-refractivity contribution is 6.30. The molecule has 0 fully saturated rings. The molecule has 5 heteroatoms. The summed E-state index contributed by atoms with van der Waals surface area (Å²) < 4.78 is 5.67. The first-order chi connectivity index (χ1) is 11.7. The molecule has 0 N–H and O–H groups in total. The average molecular weight is 340 g/mol. The van der Waals surface area contributed by atoms with Crippen LogP contribution in [0.4, 0.5) is 0 Å². The highest BCUT2D eigenvalue weighted by Gasteiger charge is 2.10. The van der Waals surface area contributed by atoms with Crippen molar-refractivity contribution in [1.82, 2.24) is 15.0 Å². The molecule has 0 aliphatic rings. The van der Waals surface area contributed by atoms with Crippen molar-refractivity contribution in [3.63, 3.8) is 0 Å². The van der Waals surface area contributed by atoms with E-state index in [1.165, 1.54) is 0 Å². The molecule has 0 aliphatic heterocycles. The molecule has 0 spiro atoms. The van der Waals surface area contributed by atoms with Crippen LogP contribution in [0.3, 0.4) is 0 Å². The largest absolute Gasteiger partial charge is 0.478 e. The van der Waals surface area contributed by atoms with E-state index in [1.54, 1.807) is 0 Å². The van der Waals surface area contributed by atoms with Crippen LogP contribution in [0.1, 0.15) is 23.9 Å². The number of ether oxygens (including phenoxy) is 1. The van der Waals surface area contributed by atoms with Crippen molar-refractivity contribution in [1.29, 1.82) is 0 Å². The highest BCUT2D eigenvalue weighted by atomic mass is 35.5. The summed E-state index contributed by atoms with van der Waals surface area (Å²) in [4.78, 5) is 13.0. The Morgan fingerprint density at radius 2 is 1.62 bits per heavy atom. The van der Waals surface area contributed by atoms with Crippen LogP contribution in [0.2, 0.25) is 5.02 Å². The van der Waals surface area contributed by atoms with E-state index in [0.717, 1.165) is 34.5 Å². The summed E-state index contributed by atoms with van der Waals surface area (Å²) in [7, 11) is 0. The van der Waals surface area contributed by atoms with Gasteiger partial charge in [-0.1, -0.05) is 23.7 Å². The van der Waals surface area contributed by atoms with Gasteiger partial charge in [-0.3, -0.25) is 0 Å². The highest BCUT2D eigenvalue weighted by Crippen LogP contribution is 2.30. The zero-order valence-corrected chi connectivity index (χ0v) is 14.4. The molecule has 122 valence electrons. The van der Waals surface area contributed by atoms with Crippen LogP contribution >= 0.6 is 11.6 Å². The number of pyridine rings is 1. The van der Waals surface area contributed by atoms with Crippen LogP contribution in [0, 0.1) is 6.92 Å². The minimum atomic E-state index is 0.568. The molecule has 0 atom stereocenters. The van der Waals surface area contributed by atoms with Crippen molar-refractivity contribution in [2.24, 2.45) is 0 Å². The molecule has 3 aromatic rings. The Hall–Kier alpha value is -2.46. The SMILES string of the molecule is CCOc1ncc(Cc2cnc(C)nc2)cc1-c1ccc(Cl)cc1. The topological polar surface area (TPSA) is 47.9 Å². The van der Waals surface area contributed by atoms with Gasteiger partial charge >= 0.3 is 0 Å². The summed E-state index contributed by atoms with van der Waals surface area (Å²) in [5, 5.41) is 0.706. The summed E-state index contributed by atoms with van der Waals surface area (Å²) in [6.45, 7) is 4.39.